The molecule has 0 radical (unpaired) electrons. The van der Waals surface area contributed by atoms with Crippen molar-refractivity contribution in [1.82, 2.24) is 10.4 Å². The van der Waals surface area contributed by atoms with Gasteiger partial charge in [-0.1, -0.05) is 0 Å². The van der Waals surface area contributed by atoms with Crippen LogP contribution in [0.25, 0.3) is 0 Å². The van der Waals surface area contributed by atoms with Crippen molar-refractivity contribution >= 4 is 6.09 Å². The zero-order chi connectivity index (χ0) is 7.84. The lowest BCUT2D eigenvalue weighted by Gasteiger charge is -2.11. The minimum Gasteiger partial charge on any atom is -0.465 e. The lowest BCUT2D eigenvalue weighted by Crippen LogP contribution is -2.30. The van der Waals surface area contributed by atoms with E-state index in [1.807, 2.05) is 0 Å². The van der Waals surface area contributed by atoms with Gasteiger partial charge in [-0.25, -0.2) is 10.3 Å². The summed E-state index contributed by atoms with van der Waals surface area (Å²) in [6, 6.07) is 0. The Morgan fingerprint density at radius 3 is 3.09 bits per heavy atom. The molecule has 5 nitrogen and oxygen atoms in total. The fourth-order valence-corrected chi connectivity index (χ4v) is 1.59. The maximum atomic E-state index is 10.5. The smallest absolute Gasteiger partial charge is 0.407 e. The Labute approximate surface area is 63.9 Å². The minimum absolute atomic E-state index is 0.0751. The van der Waals surface area contributed by atoms with E-state index >= 15 is 0 Å². The average Bonchev–Trinajstić information content (AvgIpc) is 2.40. The first kappa shape index (κ1) is 6.87. The van der Waals surface area contributed by atoms with E-state index in [0.717, 1.165) is 6.54 Å². The van der Waals surface area contributed by atoms with Crippen LogP contribution in [0, 0.1) is 5.92 Å². The molecule has 2 aliphatic heterocycles. The van der Waals surface area contributed by atoms with Crippen molar-refractivity contribution in [3.05, 3.63) is 0 Å². The Hall–Kier alpha value is -0.810. The van der Waals surface area contributed by atoms with Crippen molar-refractivity contribution in [2.45, 2.75) is 6.10 Å². The fourth-order valence-electron chi connectivity index (χ4n) is 1.59. The van der Waals surface area contributed by atoms with Crippen LogP contribution in [0.15, 0.2) is 0 Å². The second kappa shape index (κ2) is 2.35. The van der Waals surface area contributed by atoms with Crippen LogP contribution >= 0.6 is 0 Å². The van der Waals surface area contributed by atoms with Gasteiger partial charge in [0, 0.05) is 19.0 Å². The molecule has 0 aromatic heterocycles. The van der Waals surface area contributed by atoms with Crippen molar-refractivity contribution in [3.63, 3.8) is 0 Å². The summed E-state index contributed by atoms with van der Waals surface area (Å²) in [4.78, 5) is 17.0. The van der Waals surface area contributed by atoms with Crippen molar-refractivity contribution in [3.8, 4) is 0 Å². The summed E-state index contributed by atoms with van der Waals surface area (Å²) < 4.78 is 0. The van der Waals surface area contributed by atoms with Gasteiger partial charge in [0.15, 0.2) is 0 Å². The molecular formula is C6H10N2O3. The third-order valence-electron chi connectivity index (χ3n) is 2.23. The van der Waals surface area contributed by atoms with E-state index < -0.39 is 6.09 Å². The number of fused-ring (bicyclic) bond motifs is 1. The van der Waals surface area contributed by atoms with Gasteiger partial charge in [-0.3, -0.25) is 4.84 Å². The summed E-state index contributed by atoms with van der Waals surface area (Å²) >= 11 is 0. The van der Waals surface area contributed by atoms with E-state index in [9.17, 15) is 4.79 Å². The number of carbonyl (C=O) groups is 1. The summed E-state index contributed by atoms with van der Waals surface area (Å²) in [7, 11) is 0. The van der Waals surface area contributed by atoms with E-state index in [2.05, 4.69) is 5.48 Å². The van der Waals surface area contributed by atoms with Crippen LogP contribution in [0.2, 0.25) is 0 Å². The van der Waals surface area contributed by atoms with Gasteiger partial charge in [0.25, 0.3) is 0 Å². The van der Waals surface area contributed by atoms with Gasteiger partial charge in [-0.2, -0.15) is 0 Å². The summed E-state index contributed by atoms with van der Waals surface area (Å²) in [5.41, 5.74) is 2.76. The van der Waals surface area contributed by atoms with Crippen molar-refractivity contribution in [2.24, 2.45) is 5.92 Å². The number of nitrogens with zero attached hydrogens (tertiary/aromatic N) is 1. The number of nitrogens with one attached hydrogen (secondary N) is 1. The molecule has 0 aromatic rings. The first-order valence-corrected chi connectivity index (χ1v) is 3.64. The summed E-state index contributed by atoms with van der Waals surface area (Å²) in [5, 5.41) is 8.62. The highest BCUT2D eigenvalue weighted by atomic mass is 16.7. The van der Waals surface area contributed by atoms with Crippen molar-refractivity contribution < 1.29 is 14.7 Å². The highest BCUT2D eigenvalue weighted by molar-refractivity contribution is 5.65. The van der Waals surface area contributed by atoms with Crippen LogP contribution in [0.5, 0.6) is 0 Å². The van der Waals surface area contributed by atoms with Gasteiger partial charge in [-0.05, 0) is 0 Å². The first-order chi connectivity index (χ1) is 5.27. The van der Waals surface area contributed by atoms with Crippen LogP contribution < -0.4 is 5.48 Å². The number of amides is 1. The lowest BCUT2D eigenvalue weighted by atomic mass is 10.1. The molecule has 2 heterocycles. The normalized spacial score (nSPS) is 35.8. The van der Waals surface area contributed by atoms with Gasteiger partial charge in [0.1, 0.15) is 6.10 Å². The molecule has 1 amide bonds. The molecule has 0 aromatic carbocycles. The summed E-state index contributed by atoms with van der Waals surface area (Å²) in [5.74, 6) is 0.353. The van der Waals surface area contributed by atoms with Gasteiger partial charge in [-0.15, -0.1) is 0 Å². The second-order valence-electron chi connectivity index (χ2n) is 2.95. The molecule has 2 aliphatic rings. The van der Waals surface area contributed by atoms with E-state index in [1.165, 1.54) is 4.90 Å². The molecule has 62 valence electrons. The minimum atomic E-state index is -0.844. The molecule has 1 unspecified atom stereocenters. The number of likely N-dealkylation sites (tertiary alicyclic amines) is 1. The maximum absolute atomic E-state index is 10.5. The predicted molar refractivity (Wildman–Crippen MR) is 36.0 cm³/mol. The number of hydrogen-bond acceptors (Lipinski definition) is 3. The quantitative estimate of drug-likeness (QED) is 0.499. The molecule has 11 heavy (non-hydrogen) atoms. The van der Waals surface area contributed by atoms with Crippen LogP contribution in [0.1, 0.15) is 0 Å². The molecule has 2 rings (SSSR count). The van der Waals surface area contributed by atoms with Gasteiger partial charge in [0.05, 0.1) is 6.54 Å². The Morgan fingerprint density at radius 1 is 1.64 bits per heavy atom. The van der Waals surface area contributed by atoms with E-state index in [0.29, 0.717) is 19.0 Å². The number of hydrogen-bond donors (Lipinski definition) is 2. The molecule has 0 saturated carbocycles. The molecule has 2 fully saturated rings. The molecule has 2 saturated heterocycles. The Balaban J connectivity index is 1.99. The molecule has 0 aliphatic carbocycles. The third-order valence-corrected chi connectivity index (χ3v) is 2.23. The van der Waals surface area contributed by atoms with Crippen molar-refractivity contribution in [1.29, 1.82) is 0 Å². The van der Waals surface area contributed by atoms with Gasteiger partial charge >= 0.3 is 6.09 Å². The number of carboxylic acid groups (broad SMARTS) is 1. The lowest BCUT2D eigenvalue weighted by molar-refractivity contribution is 0.0284. The highest BCUT2D eigenvalue weighted by Gasteiger charge is 2.39. The highest BCUT2D eigenvalue weighted by Crippen LogP contribution is 2.22. The zero-order valence-electron chi connectivity index (χ0n) is 5.99. The predicted octanol–water partition coefficient (Wildman–Crippen LogP) is -0.500. The van der Waals surface area contributed by atoms with E-state index in [1.54, 1.807) is 0 Å². The summed E-state index contributed by atoms with van der Waals surface area (Å²) in [6.07, 6.45) is -0.769. The van der Waals surface area contributed by atoms with Crippen LogP contribution in [-0.4, -0.2) is 41.8 Å². The average molecular weight is 158 g/mol. The number of rotatable bonds is 0. The standard InChI is InChI=1S/C6H10N2O3/c9-6(10)8-2-4-1-7-11-5(4)3-8/h4-5,7H,1-3H2,(H,9,10)/t4-,5?/m1/s1. The maximum Gasteiger partial charge on any atom is 0.407 e. The Morgan fingerprint density at radius 2 is 2.45 bits per heavy atom. The zero-order valence-corrected chi connectivity index (χ0v) is 5.99. The molecular weight excluding hydrogens is 148 g/mol. The Kier molecular flexibility index (Phi) is 1.47. The van der Waals surface area contributed by atoms with Gasteiger partial charge in [0.2, 0.25) is 0 Å². The molecule has 2 N–H and O–H groups in total. The molecule has 2 atom stereocenters. The van der Waals surface area contributed by atoms with Crippen LogP contribution in [0.4, 0.5) is 4.79 Å². The van der Waals surface area contributed by atoms with E-state index in [4.69, 9.17) is 9.94 Å². The fraction of sp³-hybridized carbons (Fsp3) is 0.833. The third kappa shape index (κ3) is 1.06. The number of hydroxylamine groups is 1. The molecule has 0 spiro atoms. The Bertz CT molecular complexity index is 173. The second-order valence-corrected chi connectivity index (χ2v) is 2.95. The molecule has 5 heteroatoms. The summed E-state index contributed by atoms with van der Waals surface area (Å²) in [6.45, 7) is 1.88. The monoisotopic (exact) mass is 158 g/mol. The van der Waals surface area contributed by atoms with Crippen LogP contribution in [0.3, 0.4) is 0 Å². The van der Waals surface area contributed by atoms with Crippen LogP contribution in [-0.2, 0) is 4.84 Å². The molecule has 0 bridgehead atoms. The SMILES string of the molecule is O=C(O)N1CC2ONC[C@@H]2C1. The first-order valence-electron chi connectivity index (χ1n) is 3.64. The van der Waals surface area contributed by atoms with E-state index in [-0.39, 0.29) is 6.10 Å². The van der Waals surface area contributed by atoms with Gasteiger partial charge < -0.3 is 10.0 Å². The topological polar surface area (TPSA) is 61.8 Å². The van der Waals surface area contributed by atoms with Crippen molar-refractivity contribution in [2.75, 3.05) is 19.6 Å². The largest absolute Gasteiger partial charge is 0.465 e.